The lowest BCUT2D eigenvalue weighted by Gasteiger charge is -2.31. The van der Waals surface area contributed by atoms with E-state index in [0.29, 0.717) is 23.9 Å². The number of morpholine rings is 1. The maximum atomic E-state index is 12.7. The van der Waals surface area contributed by atoms with Gasteiger partial charge in [0, 0.05) is 19.6 Å². The molecule has 2 aliphatic rings. The van der Waals surface area contributed by atoms with Gasteiger partial charge >= 0.3 is 0 Å². The Kier molecular flexibility index (Phi) is 7.53. The van der Waals surface area contributed by atoms with Crippen LogP contribution >= 0.6 is 0 Å². The molecule has 0 radical (unpaired) electrons. The number of nitrogens with zero attached hydrogens (tertiary/aromatic N) is 3. The van der Waals surface area contributed by atoms with Gasteiger partial charge in [0.05, 0.1) is 18.9 Å². The van der Waals surface area contributed by atoms with Crippen LogP contribution in [0, 0.1) is 0 Å². The van der Waals surface area contributed by atoms with Gasteiger partial charge < -0.3 is 19.2 Å². The zero-order valence-electron chi connectivity index (χ0n) is 20.3. The molecule has 2 amide bonds. The summed E-state index contributed by atoms with van der Waals surface area (Å²) in [6.07, 6.45) is 3.16. The smallest absolute Gasteiger partial charge is 0.273 e. The minimum atomic E-state index is -0.280. The fourth-order valence-corrected chi connectivity index (χ4v) is 4.04. The predicted octanol–water partition coefficient (Wildman–Crippen LogP) is 2.74. The van der Waals surface area contributed by atoms with E-state index in [9.17, 15) is 9.59 Å². The summed E-state index contributed by atoms with van der Waals surface area (Å²) in [6.45, 7) is 11.4. The molecule has 1 fully saturated rings. The quantitative estimate of drug-likeness (QED) is 0.563. The monoisotopic (exact) mass is 470 g/mol. The van der Waals surface area contributed by atoms with Crippen LogP contribution in [0.15, 0.2) is 28.9 Å². The van der Waals surface area contributed by atoms with E-state index in [0.717, 1.165) is 51.3 Å². The van der Waals surface area contributed by atoms with Crippen LogP contribution in [0.4, 0.5) is 5.69 Å². The molecule has 0 spiro atoms. The first-order chi connectivity index (χ1) is 16.4. The highest BCUT2D eigenvalue weighted by molar-refractivity contribution is 5.98. The van der Waals surface area contributed by atoms with Crippen molar-refractivity contribution in [1.82, 2.24) is 15.2 Å². The Hall–Kier alpha value is -2.91. The fourth-order valence-electron chi connectivity index (χ4n) is 4.04. The molecule has 2 aliphatic heterocycles. The van der Waals surface area contributed by atoms with E-state index in [-0.39, 0.29) is 36.1 Å². The molecule has 1 N–H and O–H groups in total. The van der Waals surface area contributed by atoms with Crippen LogP contribution in [0.5, 0.6) is 5.75 Å². The first-order valence-corrected chi connectivity index (χ1v) is 12.0. The van der Waals surface area contributed by atoms with Crippen LogP contribution in [-0.2, 0) is 21.5 Å². The predicted molar refractivity (Wildman–Crippen MR) is 127 cm³/mol. The number of oxazole rings is 1. The number of ether oxygens (including phenoxy) is 2. The number of benzene rings is 1. The van der Waals surface area contributed by atoms with Gasteiger partial charge in [-0.2, -0.15) is 0 Å². The molecule has 34 heavy (non-hydrogen) atoms. The van der Waals surface area contributed by atoms with Gasteiger partial charge in [0.25, 0.3) is 11.8 Å². The summed E-state index contributed by atoms with van der Waals surface area (Å²) in [4.78, 5) is 33.4. The maximum absolute atomic E-state index is 12.7. The number of carbonyl (C=O) groups excluding carboxylic acids is 2. The van der Waals surface area contributed by atoms with Crippen molar-refractivity contribution in [2.24, 2.45) is 0 Å². The summed E-state index contributed by atoms with van der Waals surface area (Å²) in [5, 5.41) is 2.89. The number of amides is 2. The van der Waals surface area contributed by atoms with Crippen LogP contribution in [0.3, 0.4) is 0 Å². The molecular formula is C25H34N4O5. The lowest BCUT2D eigenvalue weighted by molar-refractivity contribution is -0.121. The first-order valence-electron chi connectivity index (χ1n) is 12.0. The number of aromatic nitrogens is 1. The van der Waals surface area contributed by atoms with Gasteiger partial charge in [-0.3, -0.25) is 19.4 Å². The topological polar surface area (TPSA) is 97.1 Å². The second-order valence-corrected chi connectivity index (χ2v) is 9.38. The number of hydrogen-bond acceptors (Lipinski definition) is 7. The molecule has 0 unspecified atom stereocenters. The van der Waals surface area contributed by atoms with E-state index >= 15 is 0 Å². The Morgan fingerprint density at radius 1 is 1.24 bits per heavy atom. The lowest BCUT2D eigenvalue weighted by Crippen LogP contribution is -2.38. The van der Waals surface area contributed by atoms with Crippen LogP contribution in [0.25, 0.3) is 0 Å². The normalized spacial score (nSPS) is 16.8. The number of fused-ring (bicyclic) bond motifs is 1. The van der Waals surface area contributed by atoms with Crippen molar-refractivity contribution in [3.8, 4) is 5.75 Å². The van der Waals surface area contributed by atoms with Crippen molar-refractivity contribution in [2.75, 3.05) is 50.9 Å². The number of carbonyl (C=O) groups is 2. The summed E-state index contributed by atoms with van der Waals surface area (Å²) in [5.41, 5.74) is 2.00. The van der Waals surface area contributed by atoms with Crippen molar-refractivity contribution < 1.29 is 23.5 Å². The van der Waals surface area contributed by atoms with Gasteiger partial charge in [0.1, 0.15) is 18.6 Å². The van der Waals surface area contributed by atoms with Gasteiger partial charge in [-0.25, -0.2) is 4.98 Å². The van der Waals surface area contributed by atoms with Gasteiger partial charge in [-0.15, -0.1) is 0 Å². The molecule has 0 aliphatic carbocycles. The Balaban J connectivity index is 1.37. The third-order valence-electron chi connectivity index (χ3n) is 6.69. The van der Waals surface area contributed by atoms with E-state index < -0.39 is 0 Å². The van der Waals surface area contributed by atoms with Crippen molar-refractivity contribution in [3.63, 3.8) is 0 Å². The molecule has 0 saturated carbocycles. The van der Waals surface area contributed by atoms with Gasteiger partial charge in [-0.05, 0) is 42.5 Å². The minimum Gasteiger partial charge on any atom is -0.482 e. The molecule has 1 aromatic heterocycles. The minimum absolute atomic E-state index is 0.0306. The summed E-state index contributed by atoms with van der Waals surface area (Å²) in [7, 11) is 0. The molecule has 9 heteroatoms. The molecule has 1 saturated heterocycles. The van der Waals surface area contributed by atoms with E-state index in [4.69, 9.17) is 13.9 Å². The zero-order chi connectivity index (χ0) is 24.1. The Bertz CT molecular complexity index is 1010. The van der Waals surface area contributed by atoms with Crippen molar-refractivity contribution in [1.29, 1.82) is 0 Å². The molecule has 0 bridgehead atoms. The van der Waals surface area contributed by atoms with Crippen LogP contribution in [-0.4, -0.2) is 67.7 Å². The van der Waals surface area contributed by atoms with Crippen molar-refractivity contribution >= 4 is 17.5 Å². The summed E-state index contributed by atoms with van der Waals surface area (Å²) in [5.74, 6) is 0.504. The van der Waals surface area contributed by atoms with Crippen LogP contribution < -0.4 is 15.0 Å². The van der Waals surface area contributed by atoms with E-state index in [2.05, 4.69) is 36.0 Å². The summed E-state index contributed by atoms with van der Waals surface area (Å²) < 4.78 is 16.5. The Morgan fingerprint density at radius 3 is 2.79 bits per heavy atom. The first kappa shape index (κ1) is 24.2. The molecule has 184 valence electrons. The Labute approximate surface area is 200 Å². The Morgan fingerprint density at radius 2 is 2.03 bits per heavy atom. The molecule has 4 rings (SSSR count). The average molecular weight is 471 g/mol. The van der Waals surface area contributed by atoms with E-state index in [1.165, 1.54) is 6.26 Å². The number of anilines is 1. The SMILES string of the molecule is CCC(C)(C)c1ccc2c(c1)N(Cc1nc(C(=O)NCCCN3CCOCC3)co1)C(=O)CO2. The molecule has 9 nitrogen and oxygen atoms in total. The molecule has 0 atom stereocenters. The van der Waals surface area contributed by atoms with E-state index in [1.54, 1.807) is 4.90 Å². The van der Waals surface area contributed by atoms with Gasteiger partial charge in [0.2, 0.25) is 5.89 Å². The molecular weight excluding hydrogens is 436 g/mol. The van der Waals surface area contributed by atoms with Gasteiger partial charge in [-0.1, -0.05) is 26.8 Å². The highest BCUT2D eigenvalue weighted by atomic mass is 16.5. The highest BCUT2D eigenvalue weighted by Gasteiger charge is 2.29. The fraction of sp³-hybridized carbons (Fsp3) is 0.560. The summed E-state index contributed by atoms with van der Waals surface area (Å²) in [6, 6.07) is 5.96. The number of hydrogen-bond donors (Lipinski definition) is 1. The average Bonchev–Trinajstić information content (AvgIpc) is 3.32. The highest BCUT2D eigenvalue weighted by Crippen LogP contribution is 2.38. The maximum Gasteiger partial charge on any atom is 0.273 e. The van der Waals surface area contributed by atoms with Crippen LogP contribution in [0.2, 0.25) is 0 Å². The second-order valence-electron chi connectivity index (χ2n) is 9.38. The zero-order valence-corrected chi connectivity index (χ0v) is 20.3. The molecule has 2 aromatic rings. The van der Waals surface area contributed by atoms with Crippen LogP contribution in [0.1, 0.15) is 55.6 Å². The molecule has 3 heterocycles. The lowest BCUT2D eigenvalue weighted by atomic mass is 9.82. The largest absolute Gasteiger partial charge is 0.482 e. The van der Waals surface area contributed by atoms with Gasteiger partial charge in [0.15, 0.2) is 12.3 Å². The number of nitrogens with one attached hydrogen (secondary N) is 1. The standard InChI is InChI=1S/C25H34N4O5/c1-4-25(2,3)18-6-7-21-20(14-18)29(23(30)17-33-21)15-22-27-19(16-34-22)24(31)26-8-5-9-28-10-12-32-13-11-28/h6-7,14,16H,4-5,8-13,15,17H2,1-3H3,(H,26,31). The van der Waals surface area contributed by atoms with Crippen molar-refractivity contribution in [3.05, 3.63) is 41.6 Å². The van der Waals surface area contributed by atoms with E-state index in [1.807, 2.05) is 18.2 Å². The molecule has 1 aromatic carbocycles. The second kappa shape index (κ2) is 10.6. The number of rotatable bonds is 9. The summed E-state index contributed by atoms with van der Waals surface area (Å²) >= 11 is 0. The third-order valence-corrected chi connectivity index (χ3v) is 6.69. The van der Waals surface area contributed by atoms with Crippen molar-refractivity contribution in [2.45, 2.75) is 45.6 Å². The third kappa shape index (κ3) is 5.59.